The van der Waals surface area contributed by atoms with Gasteiger partial charge in [0.05, 0.1) is 5.41 Å². The van der Waals surface area contributed by atoms with E-state index in [1.54, 1.807) is 0 Å². The summed E-state index contributed by atoms with van der Waals surface area (Å²) in [5.74, 6) is 0.896. The Labute approximate surface area is 101 Å². The summed E-state index contributed by atoms with van der Waals surface area (Å²) in [6, 6.07) is 0. The Morgan fingerprint density at radius 1 is 1.00 bits per heavy atom. The lowest BCUT2D eigenvalue weighted by Crippen LogP contribution is -2.47. The summed E-state index contributed by atoms with van der Waals surface area (Å²) in [7, 11) is 0. The van der Waals surface area contributed by atoms with Gasteiger partial charge >= 0.3 is 0 Å². The molecule has 2 heteroatoms. The number of rotatable bonds is 4. The fourth-order valence-corrected chi connectivity index (χ4v) is 1.73. The molecule has 0 spiro atoms. The van der Waals surface area contributed by atoms with Crippen LogP contribution in [0.4, 0.5) is 0 Å². The van der Waals surface area contributed by atoms with Crippen molar-refractivity contribution in [2.24, 2.45) is 22.7 Å². The maximum absolute atomic E-state index is 12.3. The molecule has 0 aliphatic heterocycles. The summed E-state index contributed by atoms with van der Waals surface area (Å²) < 4.78 is 0. The Balaban J connectivity index is 4.66. The summed E-state index contributed by atoms with van der Waals surface area (Å²) in [6.45, 7) is 17.7. The van der Waals surface area contributed by atoms with E-state index in [1.165, 1.54) is 0 Å². The first-order valence-corrected chi connectivity index (χ1v) is 6.30. The number of amides is 1. The zero-order valence-electron chi connectivity index (χ0n) is 12.3. The van der Waals surface area contributed by atoms with Gasteiger partial charge in [0.25, 0.3) is 0 Å². The van der Waals surface area contributed by atoms with Gasteiger partial charge in [-0.05, 0) is 17.3 Å². The molecule has 0 bridgehead atoms. The molecule has 96 valence electrons. The van der Waals surface area contributed by atoms with E-state index in [9.17, 15) is 4.79 Å². The molecule has 1 amide bonds. The van der Waals surface area contributed by atoms with Gasteiger partial charge in [0.15, 0.2) is 0 Å². The molecule has 0 saturated carbocycles. The summed E-state index contributed by atoms with van der Waals surface area (Å²) in [5.41, 5.74) is -0.129. The molecule has 0 atom stereocenters. The molecule has 0 heterocycles. The van der Waals surface area contributed by atoms with Gasteiger partial charge in [-0.2, -0.15) is 0 Å². The second-order valence-electron chi connectivity index (χ2n) is 6.84. The third-order valence-electron chi connectivity index (χ3n) is 3.67. The van der Waals surface area contributed by atoms with Crippen molar-refractivity contribution >= 4 is 5.91 Å². The number of nitrogens with one attached hydrogen (secondary N) is 1. The topological polar surface area (TPSA) is 29.1 Å². The molecule has 0 rings (SSSR count). The van der Waals surface area contributed by atoms with Crippen LogP contribution in [-0.2, 0) is 4.79 Å². The van der Waals surface area contributed by atoms with Crippen LogP contribution in [0.1, 0.15) is 55.4 Å². The predicted octanol–water partition coefficient (Wildman–Crippen LogP) is 3.47. The van der Waals surface area contributed by atoms with Crippen LogP contribution >= 0.6 is 0 Å². The first-order chi connectivity index (χ1) is 7.01. The highest BCUT2D eigenvalue weighted by Gasteiger charge is 2.39. The van der Waals surface area contributed by atoms with Gasteiger partial charge < -0.3 is 5.32 Å². The van der Waals surface area contributed by atoms with Crippen LogP contribution in [0.5, 0.6) is 0 Å². The van der Waals surface area contributed by atoms with Gasteiger partial charge in [0.2, 0.25) is 5.91 Å². The molecule has 0 unspecified atom stereocenters. The van der Waals surface area contributed by atoms with Crippen LogP contribution in [0, 0.1) is 22.7 Å². The highest BCUT2D eigenvalue weighted by molar-refractivity contribution is 5.82. The normalized spacial score (nSPS) is 13.4. The zero-order valence-corrected chi connectivity index (χ0v) is 12.3. The van der Waals surface area contributed by atoms with Gasteiger partial charge in [-0.3, -0.25) is 4.79 Å². The van der Waals surface area contributed by atoms with Gasteiger partial charge in [-0.1, -0.05) is 55.4 Å². The molecule has 0 aromatic rings. The molecule has 0 fully saturated rings. The van der Waals surface area contributed by atoms with Gasteiger partial charge in [-0.25, -0.2) is 0 Å². The van der Waals surface area contributed by atoms with Gasteiger partial charge in [0, 0.05) is 6.54 Å². The minimum atomic E-state index is -0.273. The van der Waals surface area contributed by atoms with E-state index in [2.05, 4.69) is 60.7 Å². The Morgan fingerprint density at radius 2 is 1.38 bits per heavy atom. The monoisotopic (exact) mass is 227 g/mol. The minimum absolute atomic E-state index is 0.143. The van der Waals surface area contributed by atoms with Crippen molar-refractivity contribution in [1.82, 2.24) is 5.32 Å². The van der Waals surface area contributed by atoms with Crippen molar-refractivity contribution in [3.63, 3.8) is 0 Å². The number of hydrogen-bond acceptors (Lipinski definition) is 1. The van der Waals surface area contributed by atoms with Crippen LogP contribution in [0.15, 0.2) is 0 Å². The lowest BCUT2D eigenvalue weighted by molar-refractivity contribution is -0.135. The van der Waals surface area contributed by atoms with Crippen molar-refractivity contribution in [2.45, 2.75) is 55.4 Å². The summed E-state index contributed by atoms with van der Waals surface area (Å²) in [4.78, 5) is 12.3. The van der Waals surface area contributed by atoms with Crippen molar-refractivity contribution in [1.29, 1.82) is 0 Å². The Kier molecular flexibility index (Phi) is 5.03. The maximum Gasteiger partial charge on any atom is 0.226 e. The third kappa shape index (κ3) is 3.80. The van der Waals surface area contributed by atoms with Crippen LogP contribution in [0.2, 0.25) is 0 Å². The maximum atomic E-state index is 12.3. The molecule has 0 aromatic carbocycles. The average Bonchev–Trinajstić information content (AvgIpc) is 2.10. The van der Waals surface area contributed by atoms with Crippen LogP contribution in [0.25, 0.3) is 0 Å². The fraction of sp³-hybridized carbons (Fsp3) is 0.929. The van der Waals surface area contributed by atoms with E-state index in [-0.39, 0.29) is 16.7 Å². The number of carbonyl (C=O) groups excluding carboxylic acids is 1. The standard InChI is InChI=1S/C14H29NO/c1-10(2)14(8,11(3)4)12(16)15-9-13(5,6)7/h10-11H,9H2,1-8H3,(H,15,16). The molecule has 0 radical (unpaired) electrons. The summed E-state index contributed by atoms with van der Waals surface area (Å²) in [5, 5.41) is 3.09. The molecule has 1 N–H and O–H groups in total. The Bertz CT molecular complexity index is 228. The van der Waals surface area contributed by atoms with E-state index in [1.807, 2.05) is 0 Å². The molecular weight excluding hydrogens is 198 g/mol. The van der Waals surface area contributed by atoms with Crippen molar-refractivity contribution in [3.8, 4) is 0 Å². The highest BCUT2D eigenvalue weighted by atomic mass is 16.2. The minimum Gasteiger partial charge on any atom is -0.355 e. The second-order valence-corrected chi connectivity index (χ2v) is 6.84. The van der Waals surface area contributed by atoms with Crippen LogP contribution in [-0.4, -0.2) is 12.5 Å². The third-order valence-corrected chi connectivity index (χ3v) is 3.67. The fourth-order valence-electron chi connectivity index (χ4n) is 1.73. The highest BCUT2D eigenvalue weighted by Crippen LogP contribution is 2.35. The molecule has 16 heavy (non-hydrogen) atoms. The summed E-state index contributed by atoms with van der Waals surface area (Å²) >= 11 is 0. The molecule has 0 saturated heterocycles. The van der Waals surface area contributed by atoms with Crippen LogP contribution in [0.3, 0.4) is 0 Å². The van der Waals surface area contributed by atoms with Gasteiger partial charge in [0.1, 0.15) is 0 Å². The van der Waals surface area contributed by atoms with Crippen molar-refractivity contribution in [3.05, 3.63) is 0 Å². The SMILES string of the molecule is CC(C)C(C)(C(=O)NCC(C)(C)C)C(C)C. The molecule has 0 aromatic heterocycles. The first kappa shape index (κ1) is 15.5. The molecular formula is C14H29NO. The second kappa shape index (κ2) is 5.20. The lowest BCUT2D eigenvalue weighted by atomic mass is 9.69. The molecule has 0 aliphatic rings. The number of hydrogen-bond donors (Lipinski definition) is 1. The van der Waals surface area contributed by atoms with Crippen molar-refractivity contribution in [2.75, 3.05) is 6.54 Å². The summed E-state index contributed by atoms with van der Waals surface area (Å²) in [6.07, 6.45) is 0. The predicted molar refractivity (Wildman–Crippen MR) is 70.2 cm³/mol. The van der Waals surface area contributed by atoms with Gasteiger partial charge in [-0.15, -0.1) is 0 Å². The quantitative estimate of drug-likeness (QED) is 0.783. The molecule has 0 aliphatic carbocycles. The smallest absolute Gasteiger partial charge is 0.226 e. The largest absolute Gasteiger partial charge is 0.355 e. The average molecular weight is 227 g/mol. The Hall–Kier alpha value is -0.530. The van der Waals surface area contributed by atoms with E-state index in [0.29, 0.717) is 11.8 Å². The zero-order chi connectivity index (χ0) is 13.1. The first-order valence-electron chi connectivity index (χ1n) is 6.30. The van der Waals surface area contributed by atoms with Crippen LogP contribution < -0.4 is 5.32 Å². The van der Waals surface area contributed by atoms with E-state index in [4.69, 9.17) is 0 Å². The Morgan fingerprint density at radius 3 is 1.62 bits per heavy atom. The molecule has 2 nitrogen and oxygen atoms in total. The van der Waals surface area contributed by atoms with E-state index < -0.39 is 0 Å². The van der Waals surface area contributed by atoms with E-state index >= 15 is 0 Å². The van der Waals surface area contributed by atoms with E-state index in [0.717, 1.165) is 6.54 Å². The number of carbonyl (C=O) groups is 1. The lowest BCUT2D eigenvalue weighted by Gasteiger charge is -2.37. The van der Waals surface area contributed by atoms with Crippen molar-refractivity contribution < 1.29 is 4.79 Å².